The van der Waals surface area contributed by atoms with Gasteiger partial charge in [-0.15, -0.1) is 4.33 Å². The van der Waals surface area contributed by atoms with Gasteiger partial charge in [0.2, 0.25) is 0 Å². The van der Waals surface area contributed by atoms with E-state index in [1.807, 2.05) is 13.8 Å². The van der Waals surface area contributed by atoms with Gasteiger partial charge in [-0.1, -0.05) is 60.0 Å². The maximum atomic E-state index is 11.8. The molecular formula is C30H36O17S6. The molecule has 53 heavy (non-hydrogen) atoms. The maximum Gasteiger partial charge on any atom is 0.397 e. The lowest BCUT2D eigenvalue weighted by molar-refractivity contribution is -0.432. The quantitative estimate of drug-likeness (QED) is 0.0606. The second-order valence-corrected chi connectivity index (χ2v) is 19.7. The van der Waals surface area contributed by atoms with Gasteiger partial charge in [0.1, 0.15) is 9.79 Å². The van der Waals surface area contributed by atoms with E-state index in [2.05, 4.69) is 13.6 Å². The first kappa shape index (κ1) is 46.1. The molecule has 23 heteroatoms. The summed E-state index contributed by atoms with van der Waals surface area (Å²) < 4.78 is 148. The number of sulfone groups is 2. The van der Waals surface area contributed by atoms with E-state index >= 15 is 0 Å². The molecule has 4 N–H and O–H groups in total. The topological polar surface area (TPSA) is 279 Å². The van der Waals surface area contributed by atoms with E-state index in [-0.39, 0.29) is 36.8 Å². The standard InChI is InChI=1S/C11H10O6S2.C10H14O5S2.C9H12O6S2/c1-7-5-6-8-9(11(7)19(15,16)17)3-2-4-10(8)18(12,13)14;1-3-6-17(12,13)9-5-4-8(2)10(7-9)16-15-14-11;1-8-2-4-9(5-3-8)16(10,11)7-6-15-17(12,13)14/h2-6H,1H3,(H,12,13,14)(H,15,16,17);4-5,7,11H,3,6H2,1-2H3;2-5H,6-7H2,1H3,(H,12,13,14). The Morgan fingerprint density at radius 1 is 0.642 bits per heavy atom. The molecule has 0 amide bonds. The lowest BCUT2D eigenvalue weighted by Crippen LogP contribution is -2.15. The molecule has 0 fully saturated rings. The highest BCUT2D eigenvalue weighted by atomic mass is 32.3. The zero-order chi connectivity index (χ0) is 40.4. The minimum Gasteiger partial charge on any atom is -0.282 e. The van der Waals surface area contributed by atoms with Crippen LogP contribution in [0.2, 0.25) is 0 Å². The first-order valence-electron chi connectivity index (χ1n) is 14.7. The first-order chi connectivity index (χ1) is 24.3. The van der Waals surface area contributed by atoms with Crippen molar-refractivity contribution in [3.8, 4) is 0 Å². The average molecular weight is 861 g/mol. The van der Waals surface area contributed by atoms with Crippen LogP contribution in [0.15, 0.2) is 97.3 Å². The number of benzene rings is 4. The molecule has 0 unspecified atom stereocenters. The summed E-state index contributed by atoms with van der Waals surface area (Å²) in [5.41, 5.74) is 2.03. The summed E-state index contributed by atoms with van der Waals surface area (Å²) in [6, 6.07) is 17.4. The van der Waals surface area contributed by atoms with E-state index in [4.69, 9.17) is 14.4 Å². The molecule has 0 heterocycles. The molecule has 0 aromatic heterocycles. The molecule has 0 radical (unpaired) electrons. The number of rotatable bonds is 13. The van der Waals surface area contributed by atoms with Gasteiger partial charge in [-0.25, -0.2) is 26.3 Å². The van der Waals surface area contributed by atoms with Crippen LogP contribution in [0.1, 0.15) is 30.0 Å². The van der Waals surface area contributed by atoms with Crippen molar-refractivity contribution in [3.05, 3.63) is 89.5 Å². The highest BCUT2D eigenvalue weighted by Gasteiger charge is 2.22. The molecule has 294 valence electrons. The normalized spacial score (nSPS) is 12.4. The van der Waals surface area contributed by atoms with Crippen LogP contribution < -0.4 is 0 Å². The van der Waals surface area contributed by atoms with Crippen molar-refractivity contribution in [3.63, 3.8) is 0 Å². The molecule has 4 aromatic rings. The predicted molar refractivity (Wildman–Crippen MR) is 193 cm³/mol. The summed E-state index contributed by atoms with van der Waals surface area (Å²) in [5.74, 6) is -0.409. The Balaban J connectivity index is 0.000000276. The maximum absolute atomic E-state index is 11.8. The lowest BCUT2D eigenvalue weighted by atomic mass is 10.1. The Morgan fingerprint density at radius 3 is 1.74 bits per heavy atom. The fraction of sp³-hybridized carbons (Fsp3) is 0.267. The molecule has 0 saturated carbocycles. The van der Waals surface area contributed by atoms with Crippen LogP contribution >= 0.6 is 12.0 Å². The average Bonchev–Trinajstić information content (AvgIpc) is 3.03. The molecule has 0 aliphatic carbocycles. The number of fused-ring (bicyclic) bond motifs is 1. The third-order valence-corrected chi connectivity index (χ3v) is 13.6. The van der Waals surface area contributed by atoms with E-state index in [9.17, 15) is 46.6 Å². The SMILES string of the molecule is CCCS(=O)(=O)c1ccc(C)c(SOOO)c1.Cc1ccc(S(=O)(=O)CCOS(=O)(=O)O)cc1.Cc1ccc2c(S(=O)(=O)O)cccc2c1S(=O)(=O)O. The smallest absolute Gasteiger partial charge is 0.282 e. The van der Waals surface area contributed by atoms with Gasteiger partial charge in [-0.3, -0.25) is 13.7 Å². The minimum absolute atomic E-state index is 0.0308. The molecule has 4 aromatic carbocycles. The van der Waals surface area contributed by atoms with Crippen molar-refractivity contribution >= 4 is 73.1 Å². The molecule has 4 rings (SSSR count). The summed E-state index contributed by atoms with van der Waals surface area (Å²) in [7, 11) is -20.4. The van der Waals surface area contributed by atoms with Crippen LogP contribution in [-0.4, -0.2) is 79.1 Å². The third-order valence-electron chi connectivity index (χ3n) is 6.81. The monoisotopic (exact) mass is 860 g/mol. The van der Waals surface area contributed by atoms with Crippen molar-refractivity contribution in [2.75, 3.05) is 18.1 Å². The molecule has 0 aliphatic rings. The number of aryl methyl sites for hydroxylation is 3. The molecular weight excluding hydrogens is 825 g/mol. The van der Waals surface area contributed by atoms with Gasteiger partial charge in [0.05, 0.1) is 39.9 Å². The summed E-state index contributed by atoms with van der Waals surface area (Å²) >= 11 is 0.759. The largest absolute Gasteiger partial charge is 0.397 e. The van der Waals surface area contributed by atoms with Gasteiger partial charge in [-0.05, 0) is 68.7 Å². The molecule has 0 atom stereocenters. The van der Waals surface area contributed by atoms with Gasteiger partial charge < -0.3 is 0 Å². The van der Waals surface area contributed by atoms with E-state index < -0.39 is 67.6 Å². The summed E-state index contributed by atoms with van der Waals surface area (Å²) in [6.45, 7) is 6.29. The Labute approximate surface area is 312 Å². The van der Waals surface area contributed by atoms with E-state index in [1.165, 1.54) is 49.4 Å². The van der Waals surface area contributed by atoms with Crippen LogP contribution in [0, 0.1) is 20.8 Å². The summed E-state index contributed by atoms with van der Waals surface area (Å²) in [5, 5.41) is 11.6. The predicted octanol–water partition coefficient (Wildman–Crippen LogP) is 4.84. The van der Waals surface area contributed by atoms with Crippen molar-refractivity contribution in [2.24, 2.45) is 0 Å². The third kappa shape index (κ3) is 14.3. The number of hydrogen-bond acceptors (Lipinski definition) is 15. The molecule has 17 nitrogen and oxygen atoms in total. The van der Waals surface area contributed by atoms with Gasteiger partial charge in [0.15, 0.2) is 19.7 Å². The fourth-order valence-electron chi connectivity index (χ4n) is 4.39. The van der Waals surface area contributed by atoms with Crippen molar-refractivity contribution < 1.29 is 74.6 Å². The van der Waals surface area contributed by atoms with E-state index in [0.29, 0.717) is 11.3 Å². The molecule has 0 saturated heterocycles. The van der Waals surface area contributed by atoms with Gasteiger partial charge in [0.25, 0.3) is 20.2 Å². The minimum atomic E-state index is -4.60. The van der Waals surface area contributed by atoms with Gasteiger partial charge >= 0.3 is 10.4 Å². The Kier molecular flexibility index (Phi) is 16.5. The second-order valence-electron chi connectivity index (χ2n) is 10.9. The van der Waals surface area contributed by atoms with Crippen molar-refractivity contribution in [1.29, 1.82) is 0 Å². The fourth-order valence-corrected chi connectivity index (χ4v) is 9.42. The van der Waals surface area contributed by atoms with Crippen LogP contribution in [-0.2, 0) is 63.9 Å². The molecule has 0 spiro atoms. The Bertz CT molecular complexity index is 2450. The zero-order valence-corrected chi connectivity index (χ0v) is 33.2. The van der Waals surface area contributed by atoms with Crippen molar-refractivity contribution in [1.82, 2.24) is 0 Å². The first-order valence-corrected chi connectivity index (χ1v) is 23.0. The van der Waals surface area contributed by atoms with Crippen LogP contribution in [0.4, 0.5) is 0 Å². The summed E-state index contributed by atoms with van der Waals surface area (Å²) in [6.07, 6.45) is 0.564. The summed E-state index contributed by atoms with van der Waals surface area (Å²) in [4.78, 5) is 0.137. The number of hydrogen-bond donors (Lipinski definition) is 4. The lowest BCUT2D eigenvalue weighted by Gasteiger charge is -2.09. The van der Waals surface area contributed by atoms with Crippen LogP contribution in [0.25, 0.3) is 10.8 Å². The molecule has 0 bridgehead atoms. The second kappa shape index (κ2) is 19.0. The van der Waals surface area contributed by atoms with E-state index in [1.54, 1.807) is 31.2 Å². The van der Waals surface area contributed by atoms with Crippen LogP contribution in [0.5, 0.6) is 0 Å². The van der Waals surface area contributed by atoms with Gasteiger partial charge in [0, 0.05) is 15.7 Å². The van der Waals surface area contributed by atoms with Crippen LogP contribution in [0.3, 0.4) is 0 Å². The zero-order valence-electron chi connectivity index (χ0n) is 28.3. The molecule has 0 aliphatic heterocycles. The Morgan fingerprint density at radius 2 is 1.21 bits per heavy atom. The highest BCUT2D eigenvalue weighted by molar-refractivity contribution is 7.94. The highest BCUT2D eigenvalue weighted by Crippen LogP contribution is 2.31. The van der Waals surface area contributed by atoms with E-state index in [0.717, 1.165) is 29.2 Å². The Hall–Kier alpha value is -3.04. The van der Waals surface area contributed by atoms with Gasteiger partial charge in [-0.2, -0.15) is 25.3 Å². The van der Waals surface area contributed by atoms with Crippen molar-refractivity contribution in [2.45, 2.75) is 58.6 Å².